The lowest BCUT2D eigenvalue weighted by Gasteiger charge is -2.43. The van der Waals surface area contributed by atoms with Crippen molar-refractivity contribution < 1.29 is 18.0 Å². The maximum Gasteiger partial charge on any atom is 0.391 e. The summed E-state index contributed by atoms with van der Waals surface area (Å²) in [5, 5.41) is 0.197. The maximum atomic E-state index is 13.2. The van der Waals surface area contributed by atoms with Crippen LogP contribution in [-0.2, 0) is 0 Å². The highest BCUT2D eigenvalue weighted by atomic mass is 19.4. The smallest absolute Gasteiger partial charge is 0.364 e. The van der Waals surface area contributed by atoms with E-state index in [1.54, 1.807) is 12.1 Å². The van der Waals surface area contributed by atoms with Crippen molar-refractivity contribution in [3.8, 4) is 0 Å². The number of nitrogens with zero attached hydrogens (tertiary/aromatic N) is 1. The molecule has 1 unspecified atom stereocenters. The highest BCUT2D eigenvalue weighted by Crippen LogP contribution is 2.62. The van der Waals surface area contributed by atoms with Crippen LogP contribution in [0.5, 0.6) is 0 Å². The number of amides is 1. The molecule has 5 nitrogen and oxygen atoms in total. The van der Waals surface area contributed by atoms with Crippen molar-refractivity contribution >= 4 is 16.8 Å². The molecule has 3 aliphatic carbocycles. The summed E-state index contributed by atoms with van der Waals surface area (Å²) in [6, 6.07) is 3.24. The molecule has 0 aromatic carbocycles. The van der Waals surface area contributed by atoms with Gasteiger partial charge >= 0.3 is 6.18 Å². The zero-order chi connectivity index (χ0) is 22.7. The number of carbonyl (C=O) groups excluding carboxylic acids is 1. The molecule has 2 aromatic rings. The van der Waals surface area contributed by atoms with E-state index in [0.29, 0.717) is 23.8 Å². The molecule has 5 rings (SSSR count). The fraction of sp³-hybridized carbons (Fsp3) is 0.625. The van der Waals surface area contributed by atoms with Gasteiger partial charge in [-0.15, -0.1) is 0 Å². The molecular formula is C24H28F3N3O2. The fourth-order valence-electron chi connectivity index (χ4n) is 6.41. The minimum absolute atomic E-state index is 0.0420. The second kappa shape index (κ2) is 7.59. The zero-order valence-corrected chi connectivity index (χ0v) is 17.9. The van der Waals surface area contributed by atoms with E-state index in [2.05, 4.69) is 9.97 Å². The van der Waals surface area contributed by atoms with E-state index in [4.69, 9.17) is 5.73 Å². The van der Waals surface area contributed by atoms with Gasteiger partial charge in [-0.05, 0) is 81.1 Å². The van der Waals surface area contributed by atoms with Gasteiger partial charge < -0.3 is 10.7 Å². The number of fused-ring (bicyclic) bond motifs is 1. The molecule has 2 atom stereocenters. The minimum atomic E-state index is -4.11. The van der Waals surface area contributed by atoms with Gasteiger partial charge in [-0.2, -0.15) is 13.2 Å². The SMILES string of the molecule is NC(=O)c1nccc2[nH]c([C@@H]3CC4(CCC3C3CCC(C(F)(F)F)CC3)CC4)cc(=O)c12. The van der Waals surface area contributed by atoms with Gasteiger partial charge in [0.05, 0.1) is 16.8 Å². The molecule has 2 heterocycles. The quantitative estimate of drug-likeness (QED) is 0.690. The summed E-state index contributed by atoms with van der Waals surface area (Å²) in [4.78, 5) is 32.1. The Balaban J connectivity index is 1.48. The van der Waals surface area contributed by atoms with Crippen LogP contribution in [0.2, 0.25) is 0 Å². The minimum Gasteiger partial charge on any atom is -0.364 e. The Bertz CT molecular complexity index is 1100. The Morgan fingerprint density at radius 1 is 1.12 bits per heavy atom. The number of carbonyl (C=O) groups is 1. The van der Waals surface area contributed by atoms with E-state index in [1.165, 1.54) is 19.0 Å². The summed E-state index contributed by atoms with van der Waals surface area (Å²) in [6.45, 7) is 0. The van der Waals surface area contributed by atoms with Crippen molar-refractivity contribution in [1.82, 2.24) is 9.97 Å². The van der Waals surface area contributed by atoms with Gasteiger partial charge in [0, 0.05) is 23.9 Å². The number of nitrogens with two attached hydrogens (primary N) is 1. The van der Waals surface area contributed by atoms with Crippen LogP contribution in [0.15, 0.2) is 23.1 Å². The third-order valence-corrected chi connectivity index (χ3v) is 8.37. The molecule has 3 N–H and O–H groups in total. The Hall–Kier alpha value is -2.38. The van der Waals surface area contributed by atoms with E-state index in [0.717, 1.165) is 25.0 Å². The molecule has 32 heavy (non-hydrogen) atoms. The number of primary amides is 1. The average molecular weight is 448 g/mol. The van der Waals surface area contributed by atoms with Crippen molar-refractivity contribution in [2.24, 2.45) is 28.9 Å². The number of aromatic nitrogens is 2. The number of halogens is 3. The normalized spacial score (nSPS) is 29.8. The number of nitrogens with one attached hydrogen (secondary N) is 1. The molecule has 172 valence electrons. The van der Waals surface area contributed by atoms with Crippen LogP contribution in [0.4, 0.5) is 13.2 Å². The number of hydrogen-bond donors (Lipinski definition) is 2. The third kappa shape index (κ3) is 3.82. The van der Waals surface area contributed by atoms with Crippen LogP contribution in [0.3, 0.4) is 0 Å². The molecule has 0 aliphatic heterocycles. The molecule has 8 heteroatoms. The summed E-state index contributed by atoms with van der Waals surface area (Å²) in [5.41, 5.74) is 6.76. The molecular weight excluding hydrogens is 419 g/mol. The van der Waals surface area contributed by atoms with Crippen LogP contribution in [0, 0.1) is 23.2 Å². The third-order valence-electron chi connectivity index (χ3n) is 8.37. The van der Waals surface area contributed by atoms with Crippen molar-refractivity contribution in [3.05, 3.63) is 39.9 Å². The molecule has 1 spiro atoms. The Morgan fingerprint density at radius 3 is 2.47 bits per heavy atom. The van der Waals surface area contributed by atoms with Crippen molar-refractivity contribution in [2.45, 2.75) is 69.9 Å². The van der Waals surface area contributed by atoms with Crippen molar-refractivity contribution in [2.75, 3.05) is 0 Å². The van der Waals surface area contributed by atoms with E-state index in [-0.39, 0.29) is 47.1 Å². The number of rotatable bonds is 3. The molecule has 2 aromatic heterocycles. The van der Waals surface area contributed by atoms with Gasteiger partial charge in [0.2, 0.25) is 0 Å². The number of H-pyrrole nitrogens is 1. The molecule has 3 aliphatic rings. The Labute approximate surface area is 184 Å². The topological polar surface area (TPSA) is 88.8 Å². The van der Waals surface area contributed by atoms with Crippen LogP contribution in [0.1, 0.15) is 79.9 Å². The Morgan fingerprint density at radius 2 is 1.84 bits per heavy atom. The van der Waals surface area contributed by atoms with Crippen LogP contribution < -0.4 is 11.2 Å². The lowest BCUT2D eigenvalue weighted by molar-refractivity contribution is -0.185. The first kappa shape index (κ1) is 21.5. The van der Waals surface area contributed by atoms with Gasteiger partial charge in [0.15, 0.2) is 5.43 Å². The first-order valence-electron chi connectivity index (χ1n) is 11.6. The summed E-state index contributed by atoms with van der Waals surface area (Å²) in [7, 11) is 0. The molecule has 0 bridgehead atoms. The number of hydrogen-bond acceptors (Lipinski definition) is 3. The summed E-state index contributed by atoms with van der Waals surface area (Å²) in [5.74, 6) is -1.31. The summed E-state index contributed by atoms with van der Waals surface area (Å²) in [6.07, 6.45) is 4.38. The highest BCUT2D eigenvalue weighted by molar-refractivity contribution is 6.03. The molecule has 0 saturated heterocycles. The predicted octanol–water partition coefficient (Wildman–Crippen LogP) is 5.05. The van der Waals surface area contributed by atoms with Gasteiger partial charge in [0.1, 0.15) is 5.69 Å². The summed E-state index contributed by atoms with van der Waals surface area (Å²) < 4.78 is 39.5. The van der Waals surface area contributed by atoms with Gasteiger partial charge in [0.25, 0.3) is 5.91 Å². The molecule has 1 amide bonds. The number of pyridine rings is 2. The van der Waals surface area contributed by atoms with Crippen molar-refractivity contribution in [1.29, 1.82) is 0 Å². The molecule has 3 fully saturated rings. The predicted molar refractivity (Wildman–Crippen MR) is 114 cm³/mol. The van der Waals surface area contributed by atoms with E-state index in [9.17, 15) is 22.8 Å². The van der Waals surface area contributed by atoms with Crippen LogP contribution >= 0.6 is 0 Å². The largest absolute Gasteiger partial charge is 0.391 e. The van der Waals surface area contributed by atoms with E-state index < -0.39 is 18.0 Å². The van der Waals surface area contributed by atoms with Crippen LogP contribution in [-0.4, -0.2) is 22.1 Å². The monoisotopic (exact) mass is 447 g/mol. The first-order valence-corrected chi connectivity index (χ1v) is 11.6. The van der Waals surface area contributed by atoms with Gasteiger partial charge in [-0.3, -0.25) is 14.6 Å². The highest BCUT2D eigenvalue weighted by Gasteiger charge is 2.51. The average Bonchev–Trinajstić information content (AvgIpc) is 3.51. The van der Waals surface area contributed by atoms with Crippen LogP contribution in [0.25, 0.3) is 10.9 Å². The second-order valence-electron chi connectivity index (χ2n) is 10.2. The fourth-order valence-corrected chi connectivity index (χ4v) is 6.41. The van der Waals surface area contributed by atoms with Gasteiger partial charge in [-0.1, -0.05) is 0 Å². The standard InChI is InChI=1S/C24H28F3N3O2/c25-24(26,27)14-3-1-13(2-4-14)15-5-7-23(8-9-23)12-16(15)18-11-19(31)20-17(30-18)6-10-29-21(20)22(28)32/h6,10-11,13-16H,1-5,7-9,12H2,(H2,28,32)(H,30,31)/t13?,14?,15?,16-/m1/s1. The second-order valence-corrected chi connectivity index (χ2v) is 10.2. The maximum absolute atomic E-state index is 13.2. The first-order chi connectivity index (χ1) is 15.2. The van der Waals surface area contributed by atoms with E-state index >= 15 is 0 Å². The number of alkyl halides is 3. The summed E-state index contributed by atoms with van der Waals surface area (Å²) >= 11 is 0. The lowest BCUT2D eigenvalue weighted by atomic mass is 9.62. The number of aromatic amines is 1. The zero-order valence-electron chi connectivity index (χ0n) is 17.9. The lowest BCUT2D eigenvalue weighted by Crippen LogP contribution is -2.35. The Kier molecular flexibility index (Phi) is 5.09. The molecule has 3 saturated carbocycles. The molecule has 0 radical (unpaired) electrons. The van der Waals surface area contributed by atoms with E-state index in [1.807, 2.05) is 0 Å². The van der Waals surface area contributed by atoms with Crippen molar-refractivity contribution in [3.63, 3.8) is 0 Å². The van der Waals surface area contributed by atoms with Gasteiger partial charge in [-0.25, -0.2) is 0 Å².